The number of carbonyl (C=O) groups excluding carboxylic acids is 1. The Kier molecular flexibility index (Phi) is 4.88. The van der Waals surface area contributed by atoms with E-state index in [0.717, 1.165) is 0 Å². The summed E-state index contributed by atoms with van der Waals surface area (Å²) in [6.45, 7) is 0. The Balaban J connectivity index is 2.21. The molecule has 0 saturated heterocycles. The Bertz CT molecular complexity index is 677. The number of pyridine rings is 1. The highest BCUT2D eigenvalue weighted by molar-refractivity contribution is 6.32. The first-order valence-electron chi connectivity index (χ1n) is 5.90. The minimum atomic E-state index is -0.348. The molecule has 0 saturated carbocycles. The fourth-order valence-corrected chi connectivity index (χ4v) is 2.11. The zero-order valence-corrected chi connectivity index (χ0v) is 12.8. The number of nitrogens with zero attached hydrogens (tertiary/aromatic N) is 1. The van der Waals surface area contributed by atoms with Crippen LogP contribution in [-0.2, 0) is 0 Å². The summed E-state index contributed by atoms with van der Waals surface area (Å²) < 4.78 is 10.0. The minimum absolute atomic E-state index is 0.173. The maximum absolute atomic E-state index is 12.2. The predicted octanol–water partition coefficient (Wildman–Crippen LogP) is 3.66. The molecule has 0 unspecified atom stereocenters. The SMILES string of the molecule is COc1cc(C(=O)Nc2ccc(OC)c(Cl)c2)cc(Cl)n1. The van der Waals surface area contributed by atoms with Gasteiger partial charge in [0.25, 0.3) is 5.91 Å². The molecule has 5 nitrogen and oxygen atoms in total. The van der Waals surface area contributed by atoms with E-state index < -0.39 is 0 Å². The normalized spacial score (nSPS) is 10.1. The summed E-state index contributed by atoms with van der Waals surface area (Å²) in [5.41, 5.74) is 0.872. The Morgan fingerprint density at radius 3 is 2.52 bits per heavy atom. The van der Waals surface area contributed by atoms with E-state index in [4.69, 9.17) is 32.7 Å². The number of rotatable bonds is 4. The molecule has 1 heterocycles. The average molecular weight is 327 g/mol. The third-order valence-corrected chi connectivity index (χ3v) is 3.14. The summed E-state index contributed by atoms with van der Waals surface area (Å²) in [7, 11) is 2.97. The lowest BCUT2D eigenvalue weighted by molar-refractivity contribution is 0.102. The van der Waals surface area contributed by atoms with Crippen LogP contribution in [0.3, 0.4) is 0 Å². The second-order valence-electron chi connectivity index (χ2n) is 4.02. The Labute approximate surface area is 131 Å². The second kappa shape index (κ2) is 6.65. The van der Waals surface area contributed by atoms with Gasteiger partial charge in [0.05, 0.1) is 19.2 Å². The number of hydrogen-bond acceptors (Lipinski definition) is 4. The van der Waals surface area contributed by atoms with Crippen LogP contribution in [0.15, 0.2) is 30.3 Å². The fourth-order valence-electron chi connectivity index (χ4n) is 1.66. The first-order valence-corrected chi connectivity index (χ1v) is 6.65. The summed E-state index contributed by atoms with van der Waals surface area (Å²) in [5, 5.41) is 3.28. The molecule has 0 atom stereocenters. The van der Waals surface area contributed by atoms with Gasteiger partial charge in [-0.1, -0.05) is 23.2 Å². The van der Waals surface area contributed by atoms with Crippen molar-refractivity contribution >= 4 is 34.8 Å². The van der Waals surface area contributed by atoms with Gasteiger partial charge in [0, 0.05) is 17.3 Å². The van der Waals surface area contributed by atoms with Crippen LogP contribution in [0.5, 0.6) is 11.6 Å². The molecule has 0 bridgehead atoms. The maximum atomic E-state index is 12.2. The Morgan fingerprint density at radius 2 is 1.90 bits per heavy atom. The van der Waals surface area contributed by atoms with Gasteiger partial charge in [0.1, 0.15) is 10.9 Å². The molecule has 1 aromatic heterocycles. The van der Waals surface area contributed by atoms with Crippen molar-refractivity contribution < 1.29 is 14.3 Å². The molecule has 0 radical (unpaired) electrons. The third kappa shape index (κ3) is 3.77. The lowest BCUT2D eigenvalue weighted by Gasteiger charge is -2.09. The van der Waals surface area contributed by atoms with E-state index in [1.165, 1.54) is 26.4 Å². The van der Waals surface area contributed by atoms with Crippen molar-refractivity contribution in [2.24, 2.45) is 0 Å². The molecule has 110 valence electrons. The van der Waals surface area contributed by atoms with Gasteiger partial charge in [-0.15, -0.1) is 0 Å². The first-order chi connectivity index (χ1) is 10.0. The highest BCUT2D eigenvalue weighted by atomic mass is 35.5. The summed E-state index contributed by atoms with van der Waals surface area (Å²) >= 11 is 11.8. The van der Waals surface area contributed by atoms with Crippen molar-refractivity contribution in [3.05, 3.63) is 46.1 Å². The van der Waals surface area contributed by atoms with E-state index in [-0.39, 0.29) is 16.9 Å². The number of anilines is 1. The van der Waals surface area contributed by atoms with Gasteiger partial charge in [-0.05, 0) is 24.3 Å². The summed E-state index contributed by atoms with van der Waals surface area (Å²) in [5.74, 6) is 0.447. The first kappa shape index (κ1) is 15.4. The molecule has 7 heteroatoms. The molecule has 1 aromatic carbocycles. The van der Waals surface area contributed by atoms with Crippen molar-refractivity contribution in [2.45, 2.75) is 0 Å². The van der Waals surface area contributed by atoms with Crippen molar-refractivity contribution in [1.82, 2.24) is 4.98 Å². The largest absolute Gasteiger partial charge is 0.495 e. The Morgan fingerprint density at radius 1 is 1.14 bits per heavy atom. The molecule has 0 aliphatic carbocycles. The van der Waals surface area contributed by atoms with E-state index in [1.807, 2.05) is 0 Å². The maximum Gasteiger partial charge on any atom is 0.255 e. The number of carbonyl (C=O) groups is 1. The van der Waals surface area contributed by atoms with Crippen LogP contribution in [0.1, 0.15) is 10.4 Å². The highest BCUT2D eigenvalue weighted by Gasteiger charge is 2.11. The quantitative estimate of drug-likeness (QED) is 0.871. The van der Waals surface area contributed by atoms with Gasteiger partial charge in [-0.2, -0.15) is 0 Å². The van der Waals surface area contributed by atoms with Crippen molar-refractivity contribution in [3.8, 4) is 11.6 Å². The summed E-state index contributed by atoms with van der Waals surface area (Å²) in [4.78, 5) is 16.1. The number of methoxy groups -OCH3 is 2. The van der Waals surface area contributed by atoms with Gasteiger partial charge >= 0.3 is 0 Å². The van der Waals surface area contributed by atoms with Gasteiger partial charge in [0.2, 0.25) is 5.88 Å². The van der Waals surface area contributed by atoms with E-state index in [2.05, 4.69) is 10.3 Å². The lowest BCUT2D eigenvalue weighted by atomic mass is 10.2. The lowest BCUT2D eigenvalue weighted by Crippen LogP contribution is -2.12. The van der Waals surface area contributed by atoms with Gasteiger partial charge in [-0.25, -0.2) is 4.98 Å². The molecule has 1 amide bonds. The van der Waals surface area contributed by atoms with Gasteiger partial charge < -0.3 is 14.8 Å². The van der Waals surface area contributed by atoms with Crippen LogP contribution >= 0.6 is 23.2 Å². The molecule has 2 aromatic rings. The number of hydrogen-bond donors (Lipinski definition) is 1. The monoisotopic (exact) mass is 326 g/mol. The van der Waals surface area contributed by atoms with E-state index in [0.29, 0.717) is 22.0 Å². The molecule has 0 spiro atoms. The smallest absolute Gasteiger partial charge is 0.255 e. The molecule has 0 fully saturated rings. The third-order valence-electron chi connectivity index (χ3n) is 2.65. The number of halogens is 2. The topological polar surface area (TPSA) is 60.5 Å². The standard InChI is InChI=1S/C14H12Cl2N2O3/c1-20-11-4-3-9(7-10(11)15)17-14(19)8-5-12(16)18-13(6-8)21-2/h3-7H,1-2H3,(H,17,19). The number of amides is 1. The van der Waals surface area contributed by atoms with Crippen molar-refractivity contribution in [3.63, 3.8) is 0 Å². The number of benzene rings is 1. The molecule has 2 rings (SSSR count). The van der Waals surface area contributed by atoms with E-state index >= 15 is 0 Å². The van der Waals surface area contributed by atoms with E-state index in [9.17, 15) is 4.79 Å². The van der Waals surface area contributed by atoms with Crippen LogP contribution in [0, 0.1) is 0 Å². The fraction of sp³-hybridized carbons (Fsp3) is 0.143. The minimum Gasteiger partial charge on any atom is -0.495 e. The molecular formula is C14H12Cl2N2O3. The molecule has 21 heavy (non-hydrogen) atoms. The van der Waals surface area contributed by atoms with Gasteiger partial charge in [-0.3, -0.25) is 4.79 Å². The highest BCUT2D eigenvalue weighted by Crippen LogP contribution is 2.27. The Hall–Kier alpha value is -1.98. The summed E-state index contributed by atoms with van der Waals surface area (Å²) in [6, 6.07) is 7.88. The average Bonchev–Trinajstić information content (AvgIpc) is 2.46. The van der Waals surface area contributed by atoms with Crippen molar-refractivity contribution in [1.29, 1.82) is 0 Å². The van der Waals surface area contributed by atoms with Crippen LogP contribution in [-0.4, -0.2) is 25.1 Å². The number of nitrogens with one attached hydrogen (secondary N) is 1. The van der Waals surface area contributed by atoms with Crippen molar-refractivity contribution in [2.75, 3.05) is 19.5 Å². The molecule has 1 N–H and O–H groups in total. The molecule has 0 aliphatic rings. The van der Waals surface area contributed by atoms with Crippen LogP contribution in [0.4, 0.5) is 5.69 Å². The second-order valence-corrected chi connectivity index (χ2v) is 4.82. The van der Waals surface area contributed by atoms with Crippen LogP contribution in [0.2, 0.25) is 10.2 Å². The van der Waals surface area contributed by atoms with E-state index in [1.54, 1.807) is 18.2 Å². The van der Waals surface area contributed by atoms with Gasteiger partial charge in [0.15, 0.2) is 0 Å². The van der Waals surface area contributed by atoms with Crippen LogP contribution < -0.4 is 14.8 Å². The molecule has 0 aliphatic heterocycles. The zero-order chi connectivity index (χ0) is 15.4. The predicted molar refractivity (Wildman–Crippen MR) is 81.8 cm³/mol. The van der Waals surface area contributed by atoms with Crippen LogP contribution in [0.25, 0.3) is 0 Å². The summed E-state index contributed by atoms with van der Waals surface area (Å²) in [6.07, 6.45) is 0. The number of aromatic nitrogens is 1. The number of ether oxygens (including phenoxy) is 2. The molecular weight excluding hydrogens is 315 g/mol. The zero-order valence-electron chi connectivity index (χ0n) is 11.3.